The Morgan fingerprint density at radius 1 is 0.350 bits per heavy atom. The van der Waals surface area contributed by atoms with E-state index < -0.39 is 17.9 Å². The van der Waals surface area contributed by atoms with Crippen LogP contribution in [0.3, 0.4) is 0 Å². The fraction of sp³-hybridized carbons (Fsp3) is 0. The molecule has 0 aliphatic heterocycles. The number of carbonyl (C=O) groups is 3. The topological polar surface area (TPSA) is 120 Å². The zero-order valence-electron chi connectivity index (χ0n) is 21.2. The zero-order chi connectivity index (χ0) is 27.8. The van der Waals surface area contributed by atoms with Crippen molar-refractivity contribution in [3.05, 3.63) is 144 Å². The Morgan fingerprint density at radius 2 is 0.575 bits per heavy atom. The van der Waals surface area contributed by atoms with E-state index in [1.807, 2.05) is 72.8 Å². The zero-order valence-corrected chi connectivity index (χ0v) is 24.4. The minimum absolute atomic E-state index is 0. The molecule has 0 fully saturated rings. The molecule has 40 heavy (non-hydrogen) atoms. The van der Waals surface area contributed by atoms with Gasteiger partial charge in [-0.2, -0.15) is 0 Å². The second-order valence-electron chi connectivity index (χ2n) is 8.44. The molecule has 6 nitrogen and oxygen atoms in total. The van der Waals surface area contributed by atoms with Crippen LogP contribution in [0.4, 0.5) is 0 Å². The summed E-state index contributed by atoms with van der Waals surface area (Å²) < 4.78 is 0. The van der Waals surface area contributed by atoms with Crippen LogP contribution in [0.5, 0.6) is 0 Å². The number of carboxylic acids is 3. The molecule has 0 unspecified atom stereocenters. The molecule has 0 saturated carbocycles. The molecule has 6 aromatic carbocycles. The fourth-order valence-electron chi connectivity index (χ4n) is 4.21. The van der Waals surface area contributed by atoms with Gasteiger partial charge in [0, 0.05) is 16.7 Å². The summed E-state index contributed by atoms with van der Waals surface area (Å²) in [4.78, 5) is 32.1. The summed E-state index contributed by atoms with van der Waals surface area (Å²) in [6.07, 6.45) is 0. The summed E-state index contributed by atoms with van der Waals surface area (Å²) in [5.41, 5.74) is 0.745. The Hall–Kier alpha value is -4.62. The predicted molar refractivity (Wildman–Crippen MR) is 151 cm³/mol. The van der Waals surface area contributed by atoms with Crippen molar-refractivity contribution in [2.75, 3.05) is 0 Å². The van der Waals surface area contributed by atoms with E-state index in [-0.39, 0.29) is 42.5 Å². The van der Waals surface area contributed by atoms with Crippen LogP contribution in [0.2, 0.25) is 0 Å². The summed E-state index contributed by atoms with van der Waals surface area (Å²) in [5, 5.41) is 37.1. The Morgan fingerprint density at radius 3 is 0.825 bits per heavy atom. The van der Waals surface area contributed by atoms with Gasteiger partial charge in [0.05, 0.1) is 17.9 Å². The summed E-state index contributed by atoms with van der Waals surface area (Å²) in [6, 6.07) is 37.5. The quantitative estimate of drug-likeness (QED) is 0.297. The van der Waals surface area contributed by atoms with Crippen LogP contribution >= 0.6 is 0 Å². The first-order valence-corrected chi connectivity index (χ1v) is 11.9. The van der Waals surface area contributed by atoms with Crippen molar-refractivity contribution in [1.29, 1.82) is 0 Å². The summed E-state index contributed by atoms with van der Waals surface area (Å²) in [5.74, 6) is -3.38. The third-order valence-electron chi connectivity index (χ3n) is 6.03. The van der Waals surface area contributed by atoms with Gasteiger partial charge in [-0.25, -0.2) is 0 Å². The minimum atomic E-state index is -1.13. The number of carbonyl (C=O) groups excluding carboxylic acids is 3. The van der Waals surface area contributed by atoms with Gasteiger partial charge in [-0.3, -0.25) is 0 Å². The number of carboxylic acid groups (broad SMARTS) is 3. The van der Waals surface area contributed by atoms with E-state index in [4.69, 9.17) is 0 Å². The number of fused-ring (bicyclic) bond motifs is 3. The van der Waals surface area contributed by atoms with E-state index in [1.165, 1.54) is 0 Å². The molecule has 0 N–H and O–H groups in total. The average molecular weight is 628 g/mol. The maximum atomic E-state index is 10.7. The van der Waals surface area contributed by atoms with Crippen LogP contribution in [0.25, 0.3) is 32.3 Å². The van der Waals surface area contributed by atoms with Crippen LogP contribution in [-0.4, -0.2) is 43.8 Å². The molecule has 0 heterocycles. The molecule has 0 aliphatic carbocycles. The maximum absolute atomic E-state index is 10.7. The van der Waals surface area contributed by atoms with E-state index in [2.05, 4.69) is 0 Å². The van der Waals surface area contributed by atoms with Gasteiger partial charge in [0.1, 0.15) is 0 Å². The molecular weight excluding hydrogens is 607 g/mol. The van der Waals surface area contributed by atoms with E-state index >= 15 is 0 Å². The summed E-state index contributed by atoms with van der Waals surface area (Å²) in [7, 11) is 0. The minimum Gasteiger partial charge on any atom is -0.545 e. The van der Waals surface area contributed by atoms with Crippen molar-refractivity contribution in [2.45, 2.75) is 0 Å². The van der Waals surface area contributed by atoms with E-state index in [0.29, 0.717) is 0 Å². The van der Waals surface area contributed by atoms with Crippen molar-refractivity contribution < 1.29 is 29.7 Å². The Kier molecular flexibility index (Phi) is 10.4. The average Bonchev–Trinajstić information content (AvgIpc) is 2.96. The molecule has 0 saturated heterocycles. The largest absolute Gasteiger partial charge is 3.00 e. The standard InChI is InChI=1S/3C11H8O2.In/c3*12-11(13)10-7-3-5-8-4-1-2-6-9(8)10;/h3*1-7H,(H,12,13);/q;;;+3/p-3. The van der Waals surface area contributed by atoms with Gasteiger partial charge in [-0.15, -0.1) is 0 Å². The smallest absolute Gasteiger partial charge is 0.545 e. The number of rotatable bonds is 3. The Labute approximate surface area is 248 Å². The normalized spacial score (nSPS) is 9.90. The van der Waals surface area contributed by atoms with Gasteiger partial charge in [0.15, 0.2) is 0 Å². The number of hydrogen-bond acceptors (Lipinski definition) is 6. The number of aromatic carboxylic acids is 3. The SMILES string of the molecule is O=C([O-])c1cccc2ccccc12.O=C([O-])c1cccc2ccccc12.O=C([O-])c1cccc2ccccc12.[In+3]. The van der Waals surface area contributed by atoms with E-state index in [9.17, 15) is 29.7 Å². The van der Waals surface area contributed by atoms with Crippen LogP contribution in [0.1, 0.15) is 31.1 Å². The predicted octanol–water partition coefficient (Wildman–Crippen LogP) is 3.23. The van der Waals surface area contributed by atoms with Crippen LogP contribution in [-0.2, 0) is 0 Å². The third kappa shape index (κ3) is 7.07. The van der Waals surface area contributed by atoms with Crippen molar-refractivity contribution >= 4 is 76.1 Å². The van der Waals surface area contributed by atoms with Crippen LogP contribution in [0.15, 0.2) is 127 Å². The summed E-state index contributed by atoms with van der Waals surface area (Å²) in [6.45, 7) is 0. The molecule has 0 radical (unpaired) electrons. The molecule has 0 bridgehead atoms. The van der Waals surface area contributed by atoms with Crippen LogP contribution in [0, 0.1) is 0 Å². The van der Waals surface area contributed by atoms with Gasteiger partial charge >= 0.3 is 25.8 Å². The first-order chi connectivity index (χ1) is 18.9. The van der Waals surface area contributed by atoms with Gasteiger partial charge in [-0.1, -0.05) is 127 Å². The molecule has 0 aromatic heterocycles. The molecule has 6 aromatic rings. The number of benzene rings is 6. The molecule has 0 spiro atoms. The molecule has 0 amide bonds. The third-order valence-corrected chi connectivity index (χ3v) is 6.03. The fourth-order valence-corrected chi connectivity index (χ4v) is 4.21. The van der Waals surface area contributed by atoms with Gasteiger partial charge in [0.2, 0.25) is 0 Å². The van der Waals surface area contributed by atoms with Gasteiger partial charge in [-0.05, 0) is 32.3 Å². The van der Waals surface area contributed by atoms with Crippen molar-refractivity contribution in [1.82, 2.24) is 0 Å². The van der Waals surface area contributed by atoms with E-state index in [1.54, 1.807) is 54.6 Å². The monoisotopic (exact) mass is 628 g/mol. The second-order valence-corrected chi connectivity index (χ2v) is 8.44. The maximum Gasteiger partial charge on any atom is 3.00 e. The summed E-state index contributed by atoms with van der Waals surface area (Å²) >= 11 is 0. The van der Waals surface area contributed by atoms with Gasteiger partial charge < -0.3 is 29.7 Å². The van der Waals surface area contributed by atoms with Crippen molar-refractivity contribution in [3.63, 3.8) is 0 Å². The molecule has 6 rings (SSSR count). The van der Waals surface area contributed by atoms with Crippen molar-refractivity contribution in [3.8, 4) is 0 Å². The van der Waals surface area contributed by atoms with Crippen molar-refractivity contribution in [2.24, 2.45) is 0 Å². The number of hydrogen-bond donors (Lipinski definition) is 0. The molecular formula is C33H21InO6. The van der Waals surface area contributed by atoms with Gasteiger partial charge in [0.25, 0.3) is 0 Å². The molecule has 192 valence electrons. The van der Waals surface area contributed by atoms with E-state index in [0.717, 1.165) is 32.3 Å². The van der Waals surface area contributed by atoms with Crippen LogP contribution < -0.4 is 15.3 Å². The first kappa shape index (κ1) is 29.9. The second kappa shape index (κ2) is 14.0. The Balaban J connectivity index is 0.000000163. The molecule has 0 aliphatic rings. The molecule has 0 atom stereocenters. The first-order valence-electron chi connectivity index (χ1n) is 11.9. The Bertz CT molecular complexity index is 1580. The molecule has 7 heteroatoms.